The van der Waals surface area contributed by atoms with E-state index in [4.69, 9.17) is 0 Å². The number of hydrogen-bond donors (Lipinski definition) is 1. The first-order valence-electron chi connectivity index (χ1n) is 5.75. The lowest BCUT2D eigenvalue weighted by Crippen LogP contribution is -2.22. The van der Waals surface area contributed by atoms with Crippen molar-refractivity contribution in [3.8, 4) is 0 Å². The van der Waals surface area contributed by atoms with Gasteiger partial charge in [0.1, 0.15) is 0 Å². The van der Waals surface area contributed by atoms with E-state index in [0.29, 0.717) is 0 Å². The molecule has 0 amide bonds. The highest BCUT2D eigenvalue weighted by Crippen LogP contribution is 2.31. The summed E-state index contributed by atoms with van der Waals surface area (Å²) in [7, 11) is 4.20. The number of nitrogens with one attached hydrogen (secondary N) is 1. The minimum Gasteiger partial charge on any atom is -0.374 e. The highest BCUT2D eigenvalue weighted by molar-refractivity contribution is 5.53. The molecule has 0 heterocycles. The second-order valence-electron chi connectivity index (χ2n) is 4.48. The number of rotatable bonds is 5. The molecule has 0 unspecified atom stereocenters. The van der Waals surface area contributed by atoms with Crippen molar-refractivity contribution in [3.05, 3.63) is 29.8 Å². The Kier molecular flexibility index (Phi) is 3.27. The summed E-state index contributed by atoms with van der Waals surface area (Å²) in [5.41, 5.74) is 2.77. The number of para-hydroxylation sites is 1. The van der Waals surface area contributed by atoms with Crippen LogP contribution in [0.4, 0.5) is 5.69 Å². The van der Waals surface area contributed by atoms with E-state index in [2.05, 4.69) is 41.5 Å². The molecule has 2 nitrogen and oxygen atoms in total. The minimum absolute atomic E-state index is 0.942. The van der Waals surface area contributed by atoms with Gasteiger partial charge in [-0.1, -0.05) is 18.2 Å². The largest absolute Gasteiger partial charge is 0.374 e. The molecule has 1 saturated carbocycles. The summed E-state index contributed by atoms with van der Waals surface area (Å²) < 4.78 is 0. The van der Waals surface area contributed by atoms with Gasteiger partial charge in [0, 0.05) is 25.8 Å². The maximum absolute atomic E-state index is 3.22. The lowest BCUT2D eigenvalue weighted by molar-refractivity contribution is 0.768. The van der Waals surface area contributed by atoms with Crippen molar-refractivity contribution >= 4 is 5.69 Å². The Balaban J connectivity index is 2.09. The van der Waals surface area contributed by atoms with E-state index in [0.717, 1.165) is 12.5 Å². The van der Waals surface area contributed by atoms with Crippen LogP contribution in [-0.4, -0.2) is 20.6 Å². The van der Waals surface area contributed by atoms with Gasteiger partial charge >= 0.3 is 0 Å². The van der Waals surface area contributed by atoms with Gasteiger partial charge in [0.05, 0.1) is 0 Å². The molecule has 0 aliphatic heterocycles. The van der Waals surface area contributed by atoms with Crippen LogP contribution in [0, 0.1) is 5.92 Å². The maximum Gasteiger partial charge on any atom is 0.0409 e. The van der Waals surface area contributed by atoms with Crippen molar-refractivity contribution in [1.29, 1.82) is 0 Å². The third-order valence-corrected chi connectivity index (χ3v) is 3.00. The average Bonchev–Trinajstić information content (AvgIpc) is 3.03. The summed E-state index contributed by atoms with van der Waals surface area (Å²) in [6.45, 7) is 2.16. The lowest BCUT2D eigenvalue weighted by Gasteiger charge is -2.22. The first-order valence-corrected chi connectivity index (χ1v) is 5.75. The number of benzene rings is 1. The Hall–Kier alpha value is -1.02. The van der Waals surface area contributed by atoms with Crippen LogP contribution in [-0.2, 0) is 6.54 Å². The molecule has 1 N–H and O–H groups in total. The minimum atomic E-state index is 0.942. The highest BCUT2D eigenvalue weighted by Gasteiger charge is 2.23. The summed E-state index contributed by atoms with van der Waals surface area (Å²) in [5.74, 6) is 0.942. The van der Waals surface area contributed by atoms with Crippen molar-refractivity contribution in [2.75, 3.05) is 25.5 Å². The van der Waals surface area contributed by atoms with E-state index >= 15 is 0 Å². The van der Waals surface area contributed by atoms with E-state index in [1.54, 1.807) is 0 Å². The predicted octanol–water partition coefficient (Wildman–Crippen LogP) is 2.25. The topological polar surface area (TPSA) is 15.3 Å². The maximum atomic E-state index is 3.22. The molecule has 0 saturated heterocycles. The van der Waals surface area contributed by atoms with Crippen LogP contribution in [0.2, 0.25) is 0 Å². The molecule has 1 aliphatic carbocycles. The molecule has 1 aliphatic rings. The van der Waals surface area contributed by atoms with Crippen LogP contribution in [0.25, 0.3) is 0 Å². The van der Waals surface area contributed by atoms with Gasteiger partial charge in [-0.2, -0.15) is 0 Å². The Morgan fingerprint density at radius 3 is 2.73 bits per heavy atom. The van der Waals surface area contributed by atoms with Crippen molar-refractivity contribution in [2.24, 2.45) is 5.92 Å². The summed E-state index contributed by atoms with van der Waals surface area (Å²) in [5, 5.41) is 3.22. The fourth-order valence-electron chi connectivity index (χ4n) is 2.01. The molecular weight excluding hydrogens is 184 g/mol. The molecule has 82 valence electrons. The van der Waals surface area contributed by atoms with Crippen molar-refractivity contribution in [1.82, 2.24) is 5.32 Å². The Labute approximate surface area is 92.3 Å². The number of nitrogens with zero attached hydrogens (tertiary/aromatic N) is 1. The zero-order valence-corrected chi connectivity index (χ0v) is 9.66. The number of anilines is 1. The van der Waals surface area contributed by atoms with Gasteiger partial charge < -0.3 is 10.2 Å². The predicted molar refractivity (Wildman–Crippen MR) is 65.2 cm³/mol. The molecule has 1 aromatic carbocycles. The SMILES string of the molecule is CNCc1ccccc1N(C)CC1CC1. The molecule has 1 fully saturated rings. The van der Waals surface area contributed by atoms with Gasteiger partial charge in [-0.05, 0) is 37.4 Å². The first-order chi connectivity index (χ1) is 7.31. The van der Waals surface area contributed by atoms with Crippen molar-refractivity contribution in [2.45, 2.75) is 19.4 Å². The summed E-state index contributed by atoms with van der Waals surface area (Å²) in [4.78, 5) is 2.39. The van der Waals surface area contributed by atoms with E-state index in [1.807, 2.05) is 7.05 Å². The van der Waals surface area contributed by atoms with Gasteiger partial charge in [0.25, 0.3) is 0 Å². The molecule has 2 heteroatoms. The monoisotopic (exact) mass is 204 g/mol. The van der Waals surface area contributed by atoms with Gasteiger partial charge in [0.15, 0.2) is 0 Å². The molecule has 2 rings (SSSR count). The molecule has 0 atom stereocenters. The zero-order chi connectivity index (χ0) is 10.7. The average molecular weight is 204 g/mol. The fraction of sp³-hybridized carbons (Fsp3) is 0.538. The van der Waals surface area contributed by atoms with Crippen LogP contribution < -0.4 is 10.2 Å². The molecule has 0 bridgehead atoms. The van der Waals surface area contributed by atoms with E-state index in [-0.39, 0.29) is 0 Å². The molecule has 15 heavy (non-hydrogen) atoms. The van der Waals surface area contributed by atoms with Gasteiger partial charge in [-0.25, -0.2) is 0 Å². The van der Waals surface area contributed by atoms with Crippen molar-refractivity contribution in [3.63, 3.8) is 0 Å². The van der Waals surface area contributed by atoms with Crippen molar-refractivity contribution < 1.29 is 0 Å². The smallest absolute Gasteiger partial charge is 0.0409 e. The van der Waals surface area contributed by atoms with Crippen LogP contribution in [0.15, 0.2) is 24.3 Å². The second-order valence-corrected chi connectivity index (χ2v) is 4.48. The third kappa shape index (κ3) is 2.72. The van der Waals surface area contributed by atoms with Gasteiger partial charge in [-0.3, -0.25) is 0 Å². The van der Waals surface area contributed by atoms with Crippen LogP contribution in [0.1, 0.15) is 18.4 Å². The fourth-order valence-corrected chi connectivity index (χ4v) is 2.01. The normalized spacial score (nSPS) is 15.3. The molecule has 1 aromatic rings. The van der Waals surface area contributed by atoms with Gasteiger partial charge in [0.2, 0.25) is 0 Å². The summed E-state index contributed by atoms with van der Waals surface area (Å²) in [6, 6.07) is 8.66. The summed E-state index contributed by atoms with van der Waals surface area (Å²) in [6.07, 6.45) is 2.83. The van der Waals surface area contributed by atoms with E-state index in [1.165, 1.54) is 30.6 Å². The molecule has 0 spiro atoms. The quantitative estimate of drug-likeness (QED) is 0.791. The Morgan fingerprint density at radius 1 is 1.33 bits per heavy atom. The zero-order valence-electron chi connectivity index (χ0n) is 9.66. The van der Waals surface area contributed by atoms with Crippen LogP contribution >= 0.6 is 0 Å². The van der Waals surface area contributed by atoms with Gasteiger partial charge in [-0.15, -0.1) is 0 Å². The standard InChI is InChI=1S/C13H20N2/c1-14-9-12-5-3-4-6-13(12)15(2)10-11-7-8-11/h3-6,11,14H,7-10H2,1-2H3. The van der Waals surface area contributed by atoms with Crippen LogP contribution in [0.3, 0.4) is 0 Å². The Morgan fingerprint density at radius 2 is 2.07 bits per heavy atom. The molecule has 0 aromatic heterocycles. The Bertz CT molecular complexity index is 318. The molecule has 0 radical (unpaired) electrons. The third-order valence-electron chi connectivity index (χ3n) is 3.00. The molecular formula is C13H20N2. The van der Waals surface area contributed by atoms with Crippen LogP contribution in [0.5, 0.6) is 0 Å². The number of hydrogen-bond acceptors (Lipinski definition) is 2. The lowest BCUT2D eigenvalue weighted by atomic mass is 10.1. The van der Waals surface area contributed by atoms with E-state index in [9.17, 15) is 0 Å². The second kappa shape index (κ2) is 4.67. The highest BCUT2D eigenvalue weighted by atomic mass is 15.1. The summed E-state index contributed by atoms with van der Waals surface area (Å²) >= 11 is 0. The first kappa shape index (κ1) is 10.5. The van der Waals surface area contributed by atoms with E-state index < -0.39 is 0 Å².